The van der Waals surface area contributed by atoms with Crippen LogP contribution in [0.3, 0.4) is 0 Å². The van der Waals surface area contributed by atoms with Gasteiger partial charge in [0.05, 0.1) is 6.42 Å². The van der Waals surface area contributed by atoms with Crippen molar-refractivity contribution in [1.82, 2.24) is 10.2 Å². The number of rotatable bonds is 3. The van der Waals surface area contributed by atoms with Gasteiger partial charge in [0.1, 0.15) is 5.01 Å². The van der Waals surface area contributed by atoms with E-state index in [0.717, 1.165) is 11.3 Å². The Morgan fingerprint density at radius 2 is 2.08 bits per heavy atom. The zero-order valence-corrected chi connectivity index (χ0v) is 7.67. The molecule has 1 aromatic heterocycles. The first-order valence-corrected chi connectivity index (χ1v) is 4.46. The Bertz CT molecular complexity index is 270. The van der Waals surface area contributed by atoms with E-state index in [2.05, 4.69) is 15.5 Å². The first kappa shape index (κ1) is 10.2. The molecule has 0 spiro atoms. The molecule has 0 saturated heterocycles. The highest BCUT2D eigenvalue weighted by molar-refractivity contribution is 7.15. The highest BCUT2D eigenvalue weighted by Gasteiger charge is 2.29. The number of halogens is 3. The summed E-state index contributed by atoms with van der Waals surface area (Å²) in [5.74, 6) is 0. The molecule has 0 amide bonds. The summed E-state index contributed by atoms with van der Waals surface area (Å²) < 4.78 is 35.6. The number of anilines is 1. The Kier molecular flexibility index (Phi) is 3.07. The van der Waals surface area contributed by atoms with Crippen LogP contribution in [-0.4, -0.2) is 22.9 Å². The smallest absolute Gasteiger partial charge is 0.360 e. The topological polar surface area (TPSA) is 37.8 Å². The number of nitrogens with zero attached hydrogens (tertiary/aromatic N) is 2. The van der Waals surface area contributed by atoms with Gasteiger partial charge < -0.3 is 5.32 Å². The average Bonchev–Trinajstić information content (AvgIpc) is 2.33. The number of hydrogen-bond donors (Lipinski definition) is 1. The SMILES string of the molecule is CCNc1nnc(CC(F)(F)F)s1. The normalized spacial score (nSPS) is 11.7. The van der Waals surface area contributed by atoms with Crippen molar-refractivity contribution in [1.29, 1.82) is 0 Å². The lowest BCUT2D eigenvalue weighted by Crippen LogP contribution is -2.11. The van der Waals surface area contributed by atoms with Crippen molar-refractivity contribution in [3.63, 3.8) is 0 Å². The second-order valence-electron chi connectivity index (χ2n) is 2.32. The summed E-state index contributed by atoms with van der Waals surface area (Å²) >= 11 is 0.931. The lowest BCUT2D eigenvalue weighted by atomic mass is 10.4. The maximum Gasteiger partial charge on any atom is 0.395 e. The number of aromatic nitrogens is 2. The lowest BCUT2D eigenvalue weighted by molar-refractivity contribution is -0.127. The van der Waals surface area contributed by atoms with Crippen LogP contribution in [0.4, 0.5) is 18.3 Å². The van der Waals surface area contributed by atoms with Gasteiger partial charge in [0.25, 0.3) is 0 Å². The van der Waals surface area contributed by atoms with Crippen molar-refractivity contribution in [3.8, 4) is 0 Å². The molecular formula is C6H8F3N3S. The molecule has 7 heteroatoms. The lowest BCUT2D eigenvalue weighted by Gasteiger charge is -2.00. The summed E-state index contributed by atoms with van der Waals surface area (Å²) in [6, 6.07) is 0. The van der Waals surface area contributed by atoms with E-state index in [9.17, 15) is 13.2 Å². The average molecular weight is 211 g/mol. The maximum absolute atomic E-state index is 11.9. The molecule has 0 aliphatic rings. The van der Waals surface area contributed by atoms with Crippen molar-refractivity contribution >= 4 is 16.5 Å². The molecule has 0 aromatic carbocycles. The minimum atomic E-state index is -4.21. The number of alkyl halides is 3. The zero-order chi connectivity index (χ0) is 9.90. The summed E-state index contributed by atoms with van der Waals surface area (Å²) in [6.45, 7) is 2.46. The van der Waals surface area contributed by atoms with E-state index in [0.29, 0.717) is 11.7 Å². The molecule has 13 heavy (non-hydrogen) atoms. The highest BCUT2D eigenvalue weighted by atomic mass is 32.1. The molecule has 1 rings (SSSR count). The van der Waals surface area contributed by atoms with Gasteiger partial charge in [-0.05, 0) is 6.92 Å². The van der Waals surface area contributed by atoms with Gasteiger partial charge in [-0.2, -0.15) is 13.2 Å². The number of hydrogen-bond acceptors (Lipinski definition) is 4. The van der Waals surface area contributed by atoms with Gasteiger partial charge >= 0.3 is 6.18 Å². The van der Waals surface area contributed by atoms with Crippen molar-refractivity contribution in [2.45, 2.75) is 19.5 Å². The summed E-state index contributed by atoms with van der Waals surface area (Å²) in [4.78, 5) is 0. The zero-order valence-electron chi connectivity index (χ0n) is 6.85. The molecule has 3 nitrogen and oxygen atoms in total. The summed E-state index contributed by atoms with van der Waals surface area (Å²) in [5.41, 5.74) is 0. The van der Waals surface area contributed by atoms with Crippen LogP contribution in [0.2, 0.25) is 0 Å². The monoisotopic (exact) mass is 211 g/mol. The van der Waals surface area contributed by atoms with Crippen molar-refractivity contribution in [2.75, 3.05) is 11.9 Å². The first-order valence-electron chi connectivity index (χ1n) is 3.64. The van der Waals surface area contributed by atoms with E-state index in [1.807, 2.05) is 6.92 Å². The van der Waals surface area contributed by atoms with Crippen LogP contribution in [0.1, 0.15) is 11.9 Å². The summed E-state index contributed by atoms with van der Waals surface area (Å²) in [6.07, 6.45) is -5.21. The molecular weight excluding hydrogens is 203 g/mol. The summed E-state index contributed by atoms with van der Waals surface area (Å²) in [5, 5.41) is 10.2. The molecule has 0 bridgehead atoms. The third-order valence-corrected chi connectivity index (χ3v) is 2.03. The molecule has 0 atom stereocenters. The van der Waals surface area contributed by atoms with Crippen LogP contribution >= 0.6 is 11.3 Å². The molecule has 1 aromatic rings. The minimum absolute atomic E-state index is 0.0107. The van der Waals surface area contributed by atoms with Crippen LogP contribution in [0, 0.1) is 0 Å². The van der Waals surface area contributed by atoms with Crippen molar-refractivity contribution < 1.29 is 13.2 Å². The third kappa shape index (κ3) is 3.58. The third-order valence-electron chi connectivity index (χ3n) is 1.15. The second-order valence-corrected chi connectivity index (χ2v) is 3.39. The van der Waals surface area contributed by atoms with Crippen LogP contribution in [0.5, 0.6) is 0 Å². The van der Waals surface area contributed by atoms with E-state index >= 15 is 0 Å². The van der Waals surface area contributed by atoms with E-state index < -0.39 is 12.6 Å². The highest BCUT2D eigenvalue weighted by Crippen LogP contribution is 2.24. The van der Waals surface area contributed by atoms with Gasteiger partial charge in [0, 0.05) is 6.54 Å². The van der Waals surface area contributed by atoms with Crippen LogP contribution in [0.25, 0.3) is 0 Å². The quantitative estimate of drug-likeness (QED) is 0.831. The van der Waals surface area contributed by atoms with Gasteiger partial charge in [-0.3, -0.25) is 0 Å². The standard InChI is InChI=1S/C6H8F3N3S/c1-2-10-5-12-11-4(13-5)3-6(7,8)9/h2-3H2,1H3,(H,10,12). The predicted molar refractivity (Wildman–Crippen MR) is 43.8 cm³/mol. The molecule has 74 valence electrons. The van der Waals surface area contributed by atoms with Crippen LogP contribution < -0.4 is 5.32 Å². The van der Waals surface area contributed by atoms with Crippen molar-refractivity contribution in [3.05, 3.63) is 5.01 Å². The molecule has 1 heterocycles. The Labute approximate surface area is 77.0 Å². The molecule has 0 aliphatic heterocycles. The fourth-order valence-electron chi connectivity index (χ4n) is 0.719. The van der Waals surface area contributed by atoms with Crippen molar-refractivity contribution in [2.24, 2.45) is 0 Å². The minimum Gasteiger partial charge on any atom is -0.360 e. The molecule has 1 N–H and O–H groups in total. The van der Waals surface area contributed by atoms with Gasteiger partial charge in [-0.1, -0.05) is 11.3 Å². The molecule has 0 saturated carbocycles. The molecule has 0 unspecified atom stereocenters. The fourth-order valence-corrected chi connectivity index (χ4v) is 1.56. The van der Waals surface area contributed by atoms with Crippen LogP contribution in [0.15, 0.2) is 0 Å². The Morgan fingerprint density at radius 1 is 1.38 bits per heavy atom. The number of nitrogens with one attached hydrogen (secondary N) is 1. The van der Waals surface area contributed by atoms with E-state index in [1.54, 1.807) is 0 Å². The van der Waals surface area contributed by atoms with Gasteiger partial charge in [0.15, 0.2) is 0 Å². The summed E-state index contributed by atoms with van der Waals surface area (Å²) in [7, 11) is 0. The molecule has 0 aliphatic carbocycles. The Morgan fingerprint density at radius 3 is 2.62 bits per heavy atom. The predicted octanol–water partition coefficient (Wildman–Crippen LogP) is 2.07. The van der Waals surface area contributed by atoms with E-state index in [4.69, 9.17) is 0 Å². The van der Waals surface area contributed by atoms with E-state index in [1.165, 1.54) is 0 Å². The molecule has 0 fully saturated rings. The van der Waals surface area contributed by atoms with E-state index in [-0.39, 0.29) is 5.01 Å². The second kappa shape index (κ2) is 3.91. The Balaban J connectivity index is 2.59. The molecule has 0 radical (unpaired) electrons. The fraction of sp³-hybridized carbons (Fsp3) is 0.667. The van der Waals surface area contributed by atoms with Gasteiger partial charge in [0.2, 0.25) is 5.13 Å². The van der Waals surface area contributed by atoms with Crippen LogP contribution in [-0.2, 0) is 6.42 Å². The van der Waals surface area contributed by atoms with Gasteiger partial charge in [-0.15, -0.1) is 10.2 Å². The first-order chi connectivity index (χ1) is 6.01. The Hall–Kier alpha value is -0.850. The maximum atomic E-state index is 11.9. The van der Waals surface area contributed by atoms with Gasteiger partial charge in [-0.25, -0.2) is 0 Å². The largest absolute Gasteiger partial charge is 0.395 e.